The van der Waals surface area contributed by atoms with E-state index < -0.39 is 11.7 Å². The third-order valence-corrected chi connectivity index (χ3v) is 2.60. The molecule has 5 heteroatoms. The highest BCUT2D eigenvalue weighted by Gasteiger charge is 2.15. The summed E-state index contributed by atoms with van der Waals surface area (Å²) in [7, 11) is 0. The van der Waals surface area contributed by atoms with Crippen molar-refractivity contribution in [3.05, 3.63) is 42.6 Å². The Bertz CT molecular complexity index is 689. The van der Waals surface area contributed by atoms with Crippen molar-refractivity contribution in [2.45, 2.75) is 26.4 Å². The highest BCUT2D eigenvalue weighted by molar-refractivity contribution is 5.70. The average molecular weight is 298 g/mol. The van der Waals surface area contributed by atoms with Crippen LogP contribution in [0.25, 0.3) is 11.1 Å². The van der Waals surface area contributed by atoms with Crippen LogP contribution in [-0.4, -0.2) is 23.2 Å². The maximum absolute atomic E-state index is 11.5. The molecule has 5 nitrogen and oxygen atoms in total. The number of carbonyl (C=O) groups is 1. The van der Waals surface area contributed by atoms with Gasteiger partial charge in [-0.05, 0) is 32.9 Å². The fraction of sp³-hybridized carbons (Fsp3) is 0.294. The first-order valence-corrected chi connectivity index (χ1v) is 6.88. The van der Waals surface area contributed by atoms with Crippen molar-refractivity contribution in [1.29, 1.82) is 0 Å². The fourth-order valence-electron chi connectivity index (χ4n) is 1.73. The zero-order chi connectivity index (χ0) is 16.0. The Labute approximate surface area is 129 Å². The van der Waals surface area contributed by atoms with Crippen LogP contribution >= 0.6 is 0 Å². The molecule has 1 amide bonds. The molecule has 0 aliphatic heterocycles. The molecule has 0 atom stereocenters. The SMILES string of the molecule is CC(C)(C)OC(=O)NCC#Cc1cnccc1-c1ccoc1. The van der Waals surface area contributed by atoms with Gasteiger partial charge in [0.15, 0.2) is 0 Å². The van der Waals surface area contributed by atoms with Crippen molar-refractivity contribution in [2.75, 3.05) is 6.54 Å². The number of hydrogen-bond acceptors (Lipinski definition) is 4. The third kappa shape index (κ3) is 4.67. The zero-order valence-corrected chi connectivity index (χ0v) is 12.8. The number of hydrogen-bond donors (Lipinski definition) is 1. The van der Waals surface area contributed by atoms with Crippen LogP contribution in [0.2, 0.25) is 0 Å². The molecule has 0 fully saturated rings. The molecule has 2 rings (SSSR count). The van der Waals surface area contributed by atoms with Crippen LogP contribution in [0.15, 0.2) is 41.5 Å². The summed E-state index contributed by atoms with van der Waals surface area (Å²) >= 11 is 0. The summed E-state index contributed by atoms with van der Waals surface area (Å²) < 4.78 is 10.2. The lowest BCUT2D eigenvalue weighted by Crippen LogP contribution is -2.32. The molecular formula is C17H18N2O3. The maximum Gasteiger partial charge on any atom is 0.408 e. The van der Waals surface area contributed by atoms with Gasteiger partial charge in [0.1, 0.15) is 5.60 Å². The molecule has 2 aromatic heterocycles. The third-order valence-electron chi connectivity index (χ3n) is 2.60. The highest BCUT2D eigenvalue weighted by Crippen LogP contribution is 2.22. The monoisotopic (exact) mass is 298 g/mol. The molecule has 0 unspecified atom stereocenters. The number of rotatable bonds is 2. The molecule has 0 saturated heterocycles. The Hall–Kier alpha value is -2.74. The van der Waals surface area contributed by atoms with Crippen molar-refractivity contribution in [1.82, 2.24) is 10.3 Å². The van der Waals surface area contributed by atoms with Crippen LogP contribution in [0, 0.1) is 11.8 Å². The number of amides is 1. The average Bonchev–Trinajstić information content (AvgIpc) is 2.96. The molecule has 0 aliphatic rings. The Morgan fingerprint density at radius 3 is 2.91 bits per heavy atom. The van der Waals surface area contributed by atoms with Gasteiger partial charge in [-0.3, -0.25) is 4.98 Å². The first-order chi connectivity index (χ1) is 10.5. The van der Waals surface area contributed by atoms with Gasteiger partial charge < -0.3 is 14.5 Å². The number of pyridine rings is 1. The van der Waals surface area contributed by atoms with E-state index in [1.165, 1.54) is 0 Å². The highest BCUT2D eigenvalue weighted by atomic mass is 16.6. The van der Waals surface area contributed by atoms with E-state index in [0.29, 0.717) is 0 Å². The standard InChI is InChI=1S/C17H18N2O3/c1-17(2,3)22-16(20)19-8-4-5-13-11-18-9-6-15(13)14-7-10-21-12-14/h6-7,9-12H,8H2,1-3H3,(H,19,20). The van der Waals surface area contributed by atoms with E-state index in [2.05, 4.69) is 22.1 Å². The van der Waals surface area contributed by atoms with E-state index in [9.17, 15) is 4.79 Å². The van der Waals surface area contributed by atoms with E-state index in [-0.39, 0.29) is 6.54 Å². The summed E-state index contributed by atoms with van der Waals surface area (Å²) in [6, 6.07) is 3.73. The molecule has 0 aliphatic carbocycles. The Kier molecular flexibility index (Phi) is 4.84. The van der Waals surface area contributed by atoms with Crippen molar-refractivity contribution in [3.63, 3.8) is 0 Å². The number of carbonyl (C=O) groups excluding carboxylic acids is 1. The Morgan fingerprint density at radius 2 is 2.23 bits per heavy atom. The van der Waals surface area contributed by atoms with Crippen LogP contribution in [0.1, 0.15) is 26.3 Å². The lowest BCUT2D eigenvalue weighted by molar-refractivity contribution is 0.0535. The van der Waals surface area contributed by atoms with Gasteiger partial charge in [0.25, 0.3) is 0 Å². The van der Waals surface area contributed by atoms with E-state index in [0.717, 1.165) is 16.7 Å². The largest absolute Gasteiger partial charge is 0.472 e. The van der Waals surface area contributed by atoms with Crippen LogP contribution in [0.5, 0.6) is 0 Å². The van der Waals surface area contributed by atoms with E-state index in [1.54, 1.807) is 24.9 Å². The van der Waals surface area contributed by atoms with Crippen LogP contribution < -0.4 is 5.32 Å². The van der Waals surface area contributed by atoms with Crippen molar-refractivity contribution >= 4 is 6.09 Å². The van der Waals surface area contributed by atoms with Crippen LogP contribution in [0.3, 0.4) is 0 Å². The predicted octanol–water partition coefficient (Wildman–Crippen LogP) is 3.22. The van der Waals surface area contributed by atoms with Crippen LogP contribution in [0.4, 0.5) is 4.79 Å². The normalized spacial score (nSPS) is 10.5. The van der Waals surface area contributed by atoms with Gasteiger partial charge in [-0.2, -0.15) is 0 Å². The second kappa shape index (κ2) is 6.81. The molecule has 1 N–H and O–H groups in total. The van der Waals surface area contributed by atoms with E-state index >= 15 is 0 Å². The minimum atomic E-state index is -0.519. The fourth-order valence-corrected chi connectivity index (χ4v) is 1.73. The van der Waals surface area contributed by atoms with Crippen molar-refractivity contribution in [2.24, 2.45) is 0 Å². The summed E-state index contributed by atoms with van der Waals surface area (Å²) in [4.78, 5) is 15.6. The van der Waals surface area contributed by atoms with Gasteiger partial charge >= 0.3 is 6.09 Å². The molecule has 0 bridgehead atoms. The molecule has 2 heterocycles. The number of aromatic nitrogens is 1. The maximum atomic E-state index is 11.5. The van der Waals surface area contributed by atoms with Gasteiger partial charge in [0.05, 0.1) is 24.6 Å². The molecular weight excluding hydrogens is 280 g/mol. The lowest BCUT2D eigenvalue weighted by Gasteiger charge is -2.19. The summed E-state index contributed by atoms with van der Waals surface area (Å²) in [5.41, 5.74) is 2.13. The molecule has 0 saturated carbocycles. The van der Waals surface area contributed by atoms with Gasteiger partial charge in [0.2, 0.25) is 0 Å². The number of ether oxygens (including phenoxy) is 1. The smallest absolute Gasteiger partial charge is 0.408 e. The van der Waals surface area contributed by atoms with E-state index in [4.69, 9.17) is 9.15 Å². The van der Waals surface area contributed by atoms with Gasteiger partial charge in [-0.15, -0.1) is 0 Å². The minimum Gasteiger partial charge on any atom is -0.472 e. The first kappa shape index (κ1) is 15.6. The predicted molar refractivity (Wildman–Crippen MR) is 83.1 cm³/mol. The summed E-state index contributed by atoms with van der Waals surface area (Å²) in [6.07, 6.45) is 6.16. The summed E-state index contributed by atoms with van der Waals surface area (Å²) in [6.45, 7) is 5.63. The summed E-state index contributed by atoms with van der Waals surface area (Å²) in [5, 5.41) is 2.59. The number of furan rings is 1. The van der Waals surface area contributed by atoms with Crippen LogP contribution in [-0.2, 0) is 4.74 Å². The minimum absolute atomic E-state index is 0.203. The lowest BCUT2D eigenvalue weighted by atomic mass is 10.1. The molecule has 114 valence electrons. The van der Waals surface area contributed by atoms with Gasteiger partial charge in [0, 0.05) is 23.5 Å². The first-order valence-electron chi connectivity index (χ1n) is 6.88. The second-order valence-electron chi connectivity index (χ2n) is 5.59. The van der Waals surface area contributed by atoms with Crippen molar-refractivity contribution < 1.29 is 13.9 Å². The van der Waals surface area contributed by atoms with E-state index in [1.807, 2.05) is 32.9 Å². The second-order valence-corrected chi connectivity index (χ2v) is 5.59. The quantitative estimate of drug-likeness (QED) is 0.865. The number of nitrogens with one attached hydrogen (secondary N) is 1. The number of nitrogens with zero attached hydrogens (tertiary/aromatic N) is 1. The molecule has 0 spiro atoms. The molecule has 22 heavy (non-hydrogen) atoms. The van der Waals surface area contributed by atoms with Gasteiger partial charge in [-0.25, -0.2) is 4.79 Å². The van der Waals surface area contributed by atoms with Crippen molar-refractivity contribution in [3.8, 4) is 23.0 Å². The Morgan fingerprint density at radius 1 is 1.41 bits per heavy atom. The molecule has 0 aromatic carbocycles. The molecule has 0 radical (unpaired) electrons. The summed E-state index contributed by atoms with van der Waals surface area (Å²) in [5.74, 6) is 5.88. The Balaban J connectivity index is 2.00. The number of alkyl carbamates (subject to hydrolysis) is 1. The zero-order valence-electron chi connectivity index (χ0n) is 12.8. The topological polar surface area (TPSA) is 64.4 Å². The molecule has 2 aromatic rings. The van der Waals surface area contributed by atoms with Gasteiger partial charge in [-0.1, -0.05) is 11.8 Å².